The third-order valence-corrected chi connectivity index (χ3v) is 6.22. The van der Waals surface area contributed by atoms with Crippen molar-refractivity contribution in [3.8, 4) is 0 Å². The van der Waals surface area contributed by atoms with Crippen molar-refractivity contribution in [1.29, 1.82) is 0 Å². The first-order valence-electron chi connectivity index (χ1n) is 8.73. The number of halogens is 4. The van der Waals surface area contributed by atoms with Crippen LogP contribution in [0.2, 0.25) is 20.1 Å². The minimum Gasteiger partial charge on any atom is -0.289 e. The number of allylic oxidation sites excluding steroid dienone is 2. The van der Waals surface area contributed by atoms with E-state index in [0.717, 1.165) is 41.5 Å². The topological polar surface area (TPSA) is 17.1 Å². The summed E-state index contributed by atoms with van der Waals surface area (Å²) in [6.45, 7) is 2.15. The second kappa shape index (κ2) is 8.84. The Balaban J connectivity index is 1.97. The molecule has 0 atom stereocenters. The Morgan fingerprint density at radius 3 is 1.63 bits per heavy atom. The summed E-state index contributed by atoms with van der Waals surface area (Å²) in [5.41, 5.74) is 3.33. The minimum absolute atomic E-state index is 0.0665. The summed E-state index contributed by atoms with van der Waals surface area (Å²) < 4.78 is 0. The average molecular weight is 440 g/mol. The monoisotopic (exact) mass is 438 g/mol. The van der Waals surface area contributed by atoms with Crippen LogP contribution in [0.25, 0.3) is 12.2 Å². The zero-order valence-corrected chi connectivity index (χ0v) is 17.8. The van der Waals surface area contributed by atoms with E-state index < -0.39 is 0 Å². The van der Waals surface area contributed by atoms with E-state index in [0.29, 0.717) is 26.0 Å². The molecule has 0 radical (unpaired) electrons. The first-order valence-corrected chi connectivity index (χ1v) is 10.2. The van der Waals surface area contributed by atoms with Gasteiger partial charge < -0.3 is 0 Å². The third-order valence-electron chi connectivity index (χ3n) is 4.75. The standard InChI is InChI=1S/C22H18Cl4O/c1-2-13-7-16(9-14-3-5-18(23)20(25)11-14)22(27)17(8-13)10-15-4-6-19(24)21(26)12-15/h3-6,9-13H,2,7-8H2,1H3/b16-9+,17-10+. The zero-order chi connectivity index (χ0) is 19.6. The molecule has 3 rings (SSSR count). The van der Waals surface area contributed by atoms with Crippen molar-refractivity contribution in [2.45, 2.75) is 26.2 Å². The lowest BCUT2D eigenvalue weighted by Gasteiger charge is -2.25. The summed E-state index contributed by atoms with van der Waals surface area (Å²) in [6.07, 6.45) is 6.34. The Morgan fingerprint density at radius 2 is 1.26 bits per heavy atom. The summed E-state index contributed by atoms with van der Waals surface area (Å²) >= 11 is 24.2. The van der Waals surface area contributed by atoms with E-state index in [1.54, 1.807) is 24.3 Å². The summed E-state index contributed by atoms with van der Waals surface area (Å²) in [5.74, 6) is 0.489. The normalized spacial score (nSPS) is 20.5. The van der Waals surface area contributed by atoms with Gasteiger partial charge in [-0.05, 0) is 66.3 Å². The van der Waals surface area contributed by atoms with Gasteiger partial charge in [0.2, 0.25) is 0 Å². The van der Waals surface area contributed by atoms with Crippen molar-refractivity contribution in [1.82, 2.24) is 0 Å². The fourth-order valence-corrected chi connectivity index (χ4v) is 3.84. The summed E-state index contributed by atoms with van der Waals surface area (Å²) in [4.78, 5) is 13.0. The molecule has 140 valence electrons. The van der Waals surface area contributed by atoms with Gasteiger partial charge in [-0.2, -0.15) is 0 Å². The largest absolute Gasteiger partial charge is 0.289 e. The lowest BCUT2D eigenvalue weighted by molar-refractivity contribution is -0.113. The quantitative estimate of drug-likeness (QED) is 0.440. The van der Waals surface area contributed by atoms with Crippen LogP contribution in [0.1, 0.15) is 37.3 Å². The molecule has 0 spiro atoms. The van der Waals surface area contributed by atoms with Crippen LogP contribution < -0.4 is 0 Å². The van der Waals surface area contributed by atoms with E-state index in [2.05, 4.69) is 6.92 Å². The van der Waals surface area contributed by atoms with E-state index in [1.165, 1.54) is 0 Å². The number of benzene rings is 2. The van der Waals surface area contributed by atoms with Crippen LogP contribution >= 0.6 is 46.4 Å². The van der Waals surface area contributed by atoms with Crippen LogP contribution in [0.5, 0.6) is 0 Å². The molecular formula is C22H18Cl4O. The van der Waals surface area contributed by atoms with Crippen LogP contribution in [0.3, 0.4) is 0 Å². The van der Waals surface area contributed by atoms with Crippen LogP contribution in [0.15, 0.2) is 47.5 Å². The average Bonchev–Trinajstić information content (AvgIpc) is 2.64. The summed E-state index contributed by atoms with van der Waals surface area (Å²) in [7, 11) is 0. The summed E-state index contributed by atoms with van der Waals surface area (Å²) in [6, 6.07) is 10.8. The Labute approximate surface area is 179 Å². The maximum atomic E-state index is 13.0. The minimum atomic E-state index is 0.0665. The Morgan fingerprint density at radius 1 is 0.815 bits per heavy atom. The van der Waals surface area contributed by atoms with Gasteiger partial charge in [0.25, 0.3) is 0 Å². The lowest BCUT2D eigenvalue weighted by atomic mass is 9.79. The molecule has 1 aliphatic carbocycles. The molecule has 0 saturated heterocycles. The first-order chi connectivity index (χ1) is 12.9. The first kappa shape index (κ1) is 20.5. The van der Waals surface area contributed by atoms with Crippen LogP contribution in [0.4, 0.5) is 0 Å². The molecule has 0 unspecified atom stereocenters. The predicted octanol–water partition coefficient (Wildman–Crippen LogP) is 8.16. The number of carbonyl (C=O) groups excluding carboxylic acids is 1. The molecule has 0 N–H and O–H groups in total. The van der Waals surface area contributed by atoms with E-state index in [-0.39, 0.29) is 5.78 Å². The molecule has 1 aliphatic rings. The lowest BCUT2D eigenvalue weighted by Crippen LogP contribution is -2.19. The molecule has 0 amide bonds. The Hall–Kier alpha value is -1.25. The van der Waals surface area contributed by atoms with Crippen molar-refractivity contribution in [2.75, 3.05) is 0 Å². The number of rotatable bonds is 3. The maximum Gasteiger partial charge on any atom is 0.185 e. The van der Waals surface area contributed by atoms with Gasteiger partial charge >= 0.3 is 0 Å². The highest BCUT2D eigenvalue weighted by Gasteiger charge is 2.26. The smallest absolute Gasteiger partial charge is 0.185 e. The molecule has 5 heteroatoms. The Bertz CT molecular complexity index is 870. The van der Waals surface area contributed by atoms with Gasteiger partial charge in [0.05, 0.1) is 20.1 Å². The molecule has 0 aliphatic heterocycles. The van der Waals surface area contributed by atoms with Gasteiger partial charge in [-0.25, -0.2) is 0 Å². The molecule has 0 heterocycles. The van der Waals surface area contributed by atoms with E-state index in [4.69, 9.17) is 46.4 Å². The molecule has 2 aromatic carbocycles. The number of ketones is 1. The van der Waals surface area contributed by atoms with Crippen molar-refractivity contribution < 1.29 is 4.79 Å². The van der Waals surface area contributed by atoms with Gasteiger partial charge in [-0.15, -0.1) is 0 Å². The van der Waals surface area contributed by atoms with Crippen LogP contribution in [-0.4, -0.2) is 5.78 Å². The maximum absolute atomic E-state index is 13.0. The van der Waals surface area contributed by atoms with Crippen LogP contribution in [0, 0.1) is 5.92 Å². The molecular weight excluding hydrogens is 422 g/mol. The number of hydrogen-bond donors (Lipinski definition) is 0. The van der Waals surface area contributed by atoms with Crippen molar-refractivity contribution in [2.24, 2.45) is 5.92 Å². The second-order valence-corrected chi connectivity index (χ2v) is 8.33. The van der Waals surface area contributed by atoms with Gasteiger partial charge in [-0.3, -0.25) is 4.79 Å². The molecule has 0 bridgehead atoms. The van der Waals surface area contributed by atoms with Crippen molar-refractivity contribution in [3.63, 3.8) is 0 Å². The van der Waals surface area contributed by atoms with Gasteiger partial charge in [-0.1, -0.05) is 71.9 Å². The van der Waals surface area contributed by atoms with Crippen molar-refractivity contribution >= 4 is 64.3 Å². The fourth-order valence-electron chi connectivity index (χ4n) is 3.23. The summed E-state index contributed by atoms with van der Waals surface area (Å²) in [5, 5.41) is 1.96. The van der Waals surface area contributed by atoms with Crippen LogP contribution in [-0.2, 0) is 4.79 Å². The van der Waals surface area contributed by atoms with Crippen molar-refractivity contribution in [3.05, 3.63) is 78.8 Å². The molecule has 1 nitrogen and oxygen atoms in total. The molecule has 2 aromatic rings. The fraction of sp³-hybridized carbons (Fsp3) is 0.227. The number of Topliss-reactive ketones (excluding diaryl/α,β-unsaturated/α-hetero) is 1. The molecule has 1 saturated carbocycles. The van der Waals surface area contributed by atoms with E-state index in [1.807, 2.05) is 24.3 Å². The highest BCUT2D eigenvalue weighted by atomic mass is 35.5. The third kappa shape index (κ3) is 4.97. The predicted molar refractivity (Wildman–Crippen MR) is 117 cm³/mol. The molecule has 27 heavy (non-hydrogen) atoms. The SMILES string of the molecule is CCC1C/C(=C\c2ccc(Cl)c(Cl)c2)C(=O)/C(=C/c2ccc(Cl)c(Cl)c2)C1. The number of carbonyl (C=O) groups is 1. The zero-order valence-electron chi connectivity index (χ0n) is 14.7. The van der Waals surface area contributed by atoms with E-state index >= 15 is 0 Å². The van der Waals surface area contributed by atoms with Gasteiger partial charge in [0, 0.05) is 11.1 Å². The highest BCUT2D eigenvalue weighted by molar-refractivity contribution is 6.42. The van der Waals surface area contributed by atoms with E-state index in [9.17, 15) is 4.79 Å². The Kier molecular flexibility index (Phi) is 6.70. The van der Waals surface area contributed by atoms with Gasteiger partial charge in [0.1, 0.15) is 0 Å². The molecule has 1 fully saturated rings. The second-order valence-electron chi connectivity index (χ2n) is 6.70. The number of hydrogen-bond acceptors (Lipinski definition) is 1. The highest BCUT2D eigenvalue weighted by Crippen LogP contribution is 2.35. The van der Waals surface area contributed by atoms with Gasteiger partial charge in [0.15, 0.2) is 5.78 Å². The molecule has 0 aromatic heterocycles.